The van der Waals surface area contributed by atoms with E-state index in [4.69, 9.17) is 0 Å². The van der Waals surface area contributed by atoms with Crippen molar-refractivity contribution in [3.63, 3.8) is 0 Å². The molecule has 1 heterocycles. The Bertz CT molecular complexity index is 637. The molecular formula is C17H18N4. The fourth-order valence-electron chi connectivity index (χ4n) is 2.40. The van der Waals surface area contributed by atoms with Crippen LogP contribution in [-0.2, 0) is 13.6 Å². The molecule has 0 atom stereocenters. The third-order valence-corrected chi connectivity index (χ3v) is 3.56. The molecule has 1 aromatic heterocycles. The lowest BCUT2D eigenvalue weighted by atomic mass is 9.99. The molecule has 0 radical (unpaired) electrons. The van der Waals surface area contributed by atoms with E-state index in [2.05, 4.69) is 64.2 Å². The first-order valence-corrected chi connectivity index (χ1v) is 7.01. The van der Waals surface area contributed by atoms with Gasteiger partial charge in [0.25, 0.3) is 0 Å². The van der Waals surface area contributed by atoms with Crippen LogP contribution in [0.1, 0.15) is 22.9 Å². The van der Waals surface area contributed by atoms with E-state index in [1.54, 1.807) is 10.9 Å². The Balaban J connectivity index is 1.85. The van der Waals surface area contributed by atoms with Gasteiger partial charge in [0.1, 0.15) is 0 Å². The maximum absolute atomic E-state index is 3.97. The summed E-state index contributed by atoms with van der Waals surface area (Å²) >= 11 is 0. The summed E-state index contributed by atoms with van der Waals surface area (Å²) in [6.07, 6.45) is 1.79. The zero-order chi connectivity index (χ0) is 14.5. The minimum atomic E-state index is 0.155. The molecule has 0 saturated carbocycles. The van der Waals surface area contributed by atoms with Gasteiger partial charge in [-0.15, -0.1) is 5.10 Å². The van der Waals surface area contributed by atoms with E-state index in [1.807, 2.05) is 19.2 Å². The summed E-state index contributed by atoms with van der Waals surface area (Å²) in [6, 6.07) is 21.1. The number of hydrogen-bond acceptors (Lipinski definition) is 3. The van der Waals surface area contributed by atoms with Crippen LogP contribution in [0.5, 0.6) is 0 Å². The lowest BCUT2D eigenvalue weighted by Gasteiger charge is -2.19. The summed E-state index contributed by atoms with van der Waals surface area (Å²) in [5.74, 6) is 0. The van der Waals surface area contributed by atoms with Gasteiger partial charge in [-0.05, 0) is 11.1 Å². The van der Waals surface area contributed by atoms with Gasteiger partial charge in [0.2, 0.25) is 0 Å². The highest BCUT2D eigenvalue weighted by molar-refractivity contribution is 5.31. The molecule has 0 bridgehead atoms. The van der Waals surface area contributed by atoms with Gasteiger partial charge in [-0.1, -0.05) is 65.9 Å². The number of nitrogens with one attached hydrogen (secondary N) is 1. The molecule has 0 fully saturated rings. The van der Waals surface area contributed by atoms with Crippen molar-refractivity contribution in [1.82, 2.24) is 20.3 Å². The first-order valence-electron chi connectivity index (χ1n) is 7.01. The largest absolute Gasteiger partial charge is 0.301 e. The number of nitrogens with zero attached hydrogens (tertiary/aromatic N) is 3. The molecule has 0 aliphatic heterocycles. The van der Waals surface area contributed by atoms with Crippen LogP contribution in [0.2, 0.25) is 0 Å². The van der Waals surface area contributed by atoms with E-state index in [9.17, 15) is 0 Å². The number of hydrogen-bond donors (Lipinski definition) is 1. The van der Waals surface area contributed by atoms with Crippen LogP contribution in [0.25, 0.3) is 0 Å². The molecule has 0 spiro atoms. The van der Waals surface area contributed by atoms with Crippen molar-refractivity contribution in [2.24, 2.45) is 7.05 Å². The van der Waals surface area contributed by atoms with Gasteiger partial charge in [0.15, 0.2) is 0 Å². The molecule has 3 aromatic rings. The zero-order valence-electron chi connectivity index (χ0n) is 12.0. The van der Waals surface area contributed by atoms with Crippen LogP contribution in [-0.4, -0.2) is 15.0 Å². The summed E-state index contributed by atoms with van der Waals surface area (Å²) in [5.41, 5.74) is 3.56. The van der Waals surface area contributed by atoms with Gasteiger partial charge < -0.3 is 5.32 Å². The number of aromatic nitrogens is 3. The van der Waals surface area contributed by atoms with E-state index in [0.717, 1.165) is 12.2 Å². The van der Waals surface area contributed by atoms with E-state index in [0.29, 0.717) is 0 Å². The molecule has 4 heteroatoms. The SMILES string of the molecule is Cn1nncc1CNC(c1ccccc1)c1ccccc1. The van der Waals surface area contributed by atoms with Crippen molar-refractivity contribution in [2.75, 3.05) is 0 Å². The summed E-state index contributed by atoms with van der Waals surface area (Å²) in [4.78, 5) is 0. The van der Waals surface area contributed by atoms with E-state index < -0.39 is 0 Å². The molecule has 1 N–H and O–H groups in total. The molecule has 0 amide bonds. The van der Waals surface area contributed by atoms with Gasteiger partial charge in [-0.3, -0.25) is 4.68 Å². The Labute approximate surface area is 124 Å². The molecule has 0 saturated heterocycles. The average Bonchev–Trinajstić information content (AvgIpc) is 2.95. The first kappa shape index (κ1) is 13.5. The standard InChI is InChI=1S/C17H18N4/c1-21-16(13-19-20-21)12-18-17(14-8-4-2-5-9-14)15-10-6-3-7-11-15/h2-11,13,17-18H,12H2,1H3. The molecule has 3 rings (SSSR count). The predicted octanol–water partition coefficient (Wildman–Crippen LogP) is 2.69. The van der Waals surface area contributed by atoms with Crippen molar-refractivity contribution in [3.05, 3.63) is 83.7 Å². The van der Waals surface area contributed by atoms with Crippen LogP contribution in [0, 0.1) is 0 Å². The maximum Gasteiger partial charge on any atom is 0.0738 e. The summed E-state index contributed by atoms with van der Waals surface area (Å²) < 4.78 is 1.79. The molecule has 0 aliphatic carbocycles. The number of benzene rings is 2. The number of aryl methyl sites for hydroxylation is 1. The topological polar surface area (TPSA) is 42.7 Å². The van der Waals surface area contributed by atoms with Crippen LogP contribution in [0.4, 0.5) is 0 Å². The summed E-state index contributed by atoms with van der Waals surface area (Å²) in [6.45, 7) is 0.720. The molecule has 21 heavy (non-hydrogen) atoms. The normalized spacial score (nSPS) is 11.0. The smallest absolute Gasteiger partial charge is 0.0738 e. The summed E-state index contributed by atoms with van der Waals surface area (Å²) in [7, 11) is 1.91. The maximum atomic E-state index is 3.97. The molecule has 0 aliphatic rings. The zero-order valence-corrected chi connectivity index (χ0v) is 12.0. The second-order valence-electron chi connectivity index (χ2n) is 4.98. The first-order chi connectivity index (χ1) is 10.3. The van der Waals surface area contributed by atoms with Crippen LogP contribution < -0.4 is 5.32 Å². The van der Waals surface area contributed by atoms with E-state index in [1.165, 1.54) is 11.1 Å². The highest BCUT2D eigenvalue weighted by atomic mass is 15.4. The van der Waals surface area contributed by atoms with Crippen LogP contribution in [0.15, 0.2) is 66.9 Å². The highest BCUT2D eigenvalue weighted by Crippen LogP contribution is 2.22. The third-order valence-electron chi connectivity index (χ3n) is 3.56. The lowest BCUT2D eigenvalue weighted by molar-refractivity contribution is 0.568. The quantitative estimate of drug-likeness (QED) is 0.780. The van der Waals surface area contributed by atoms with Gasteiger partial charge in [-0.25, -0.2) is 0 Å². The molecule has 4 nitrogen and oxygen atoms in total. The Hall–Kier alpha value is -2.46. The Morgan fingerprint density at radius 1 is 0.952 bits per heavy atom. The molecular weight excluding hydrogens is 260 g/mol. The molecule has 0 unspecified atom stereocenters. The van der Waals surface area contributed by atoms with Gasteiger partial charge in [0.05, 0.1) is 17.9 Å². The molecule has 106 valence electrons. The fraction of sp³-hybridized carbons (Fsp3) is 0.176. The monoisotopic (exact) mass is 278 g/mol. The van der Waals surface area contributed by atoms with Crippen molar-refractivity contribution in [3.8, 4) is 0 Å². The van der Waals surface area contributed by atoms with Crippen molar-refractivity contribution in [2.45, 2.75) is 12.6 Å². The van der Waals surface area contributed by atoms with Gasteiger partial charge in [-0.2, -0.15) is 0 Å². The second kappa shape index (κ2) is 6.33. The number of rotatable bonds is 5. The highest BCUT2D eigenvalue weighted by Gasteiger charge is 2.13. The fourth-order valence-corrected chi connectivity index (χ4v) is 2.40. The Kier molecular flexibility index (Phi) is 4.07. The van der Waals surface area contributed by atoms with E-state index in [-0.39, 0.29) is 6.04 Å². The van der Waals surface area contributed by atoms with Crippen molar-refractivity contribution in [1.29, 1.82) is 0 Å². The van der Waals surface area contributed by atoms with Crippen LogP contribution >= 0.6 is 0 Å². The summed E-state index contributed by atoms with van der Waals surface area (Å²) in [5, 5.41) is 11.5. The third kappa shape index (κ3) is 3.17. The van der Waals surface area contributed by atoms with Crippen molar-refractivity contribution >= 4 is 0 Å². The molecule has 2 aromatic carbocycles. The minimum absolute atomic E-state index is 0.155. The predicted molar refractivity (Wildman–Crippen MR) is 82.6 cm³/mol. The Morgan fingerprint density at radius 3 is 2.00 bits per heavy atom. The second-order valence-corrected chi connectivity index (χ2v) is 4.98. The minimum Gasteiger partial charge on any atom is -0.301 e. The van der Waals surface area contributed by atoms with Gasteiger partial charge >= 0.3 is 0 Å². The van der Waals surface area contributed by atoms with Crippen LogP contribution in [0.3, 0.4) is 0 Å². The van der Waals surface area contributed by atoms with Gasteiger partial charge in [0, 0.05) is 13.6 Å². The van der Waals surface area contributed by atoms with Crippen molar-refractivity contribution < 1.29 is 0 Å². The van der Waals surface area contributed by atoms with E-state index >= 15 is 0 Å². The average molecular weight is 278 g/mol. The Morgan fingerprint density at radius 2 is 1.52 bits per heavy atom. The lowest BCUT2D eigenvalue weighted by Crippen LogP contribution is -2.23.